The van der Waals surface area contributed by atoms with Crippen LogP contribution in [0.25, 0.3) is 0 Å². The predicted molar refractivity (Wildman–Crippen MR) is 45.3 cm³/mol. The Labute approximate surface area is 71.6 Å². The van der Waals surface area contributed by atoms with Crippen molar-refractivity contribution in [1.29, 1.82) is 0 Å². The Hall–Kier alpha value is -2.11. The number of hydrogen-bond donors (Lipinski definition) is 0. The minimum absolute atomic E-state index is 0.521. The molecular formula is C10H6O2. The fraction of sp³-hybridized carbons (Fsp3) is 0.100. The molecule has 0 bridgehead atoms. The number of carbonyl (C=O) groups is 1. The van der Waals surface area contributed by atoms with Gasteiger partial charge in [0.25, 0.3) is 0 Å². The lowest BCUT2D eigenvalue weighted by molar-refractivity contribution is -0.131. The number of rotatable bonds is 1. The standard InChI is InChI=1S/C10H6O2/c1-3-5-6-7-9-12-10(11)8-4-2/h1,4,8H,2H3/b8-4+. The van der Waals surface area contributed by atoms with Gasteiger partial charge in [-0.2, -0.15) is 0 Å². The van der Waals surface area contributed by atoms with Crippen molar-refractivity contribution >= 4 is 5.97 Å². The van der Waals surface area contributed by atoms with Gasteiger partial charge in [0.1, 0.15) is 6.11 Å². The van der Waals surface area contributed by atoms with Crippen LogP contribution in [0.5, 0.6) is 0 Å². The summed E-state index contributed by atoms with van der Waals surface area (Å²) in [6.07, 6.45) is 9.70. The molecule has 0 heterocycles. The maximum absolute atomic E-state index is 10.6. The van der Waals surface area contributed by atoms with Crippen LogP contribution < -0.4 is 0 Å². The summed E-state index contributed by atoms with van der Waals surface area (Å²) in [7, 11) is 0. The van der Waals surface area contributed by atoms with Crippen LogP contribution in [0, 0.1) is 36.2 Å². The second-order valence-electron chi connectivity index (χ2n) is 1.54. The molecule has 0 aromatic heterocycles. The Kier molecular flexibility index (Phi) is 5.77. The van der Waals surface area contributed by atoms with Crippen LogP contribution in [-0.2, 0) is 9.53 Å². The lowest BCUT2D eigenvalue weighted by Crippen LogP contribution is -1.92. The number of esters is 1. The minimum Gasteiger partial charge on any atom is -0.368 e. The molecule has 2 nitrogen and oxygen atoms in total. The highest BCUT2D eigenvalue weighted by Gasteiger charge is 1.88. The smallest absolute Gasteiger partial charge is 0.344 e. The SMILES string of the molecule is C#CC#CC#COC(=O)/C=C/C. The third kappa shape index (κ3) is 6.02. The van der Waals surface area contributed by atoms with Gasteiger partial charge in [-0.1, -0.05) is 6.08 Å². The highest BCUT2D eigenvalue weighted by molar-refractivity contribution is 5.82. The van der Waals surface area contributed by atoms with Crippen LogP contribution in [0.3, 0.4) is 0 Å². The molecule has 0 rings (SSSR count). The van der Waals surface area contributed by atoms with E-state index in [1.54, 1.807) is 13.0 Å². The Morgan fingerprint density at radius 3 is 2.75 bits per heavy atom. The summed E-state index contributed by atoms with van der Waals surface area (Å²) >= 11 is 0. The van der Waals surface area contributed by atoms with Crippen molar-refractivity contribution < 1.29 is 9.53 Å². The first-order valence-corrected chi connectivity index (χ1v) is 3.10. The summed E-state index contributed by atoms with van der Waals surface area (Å²) in [5, 5.41) is 0. The topological polar surface area (TPSA) is 26.3 Å². The van der Waals surface area contributed by atoms with Crippen LogP contribution >= 0.6 is 0 Å². The van der Waals surface area contributed by atoms with E-state index < -0.39 is 5.97 Å². The molecule has 0 spiro atoms. The molecule has 0 amide bonds. The molecule has 0 radical (unpaired) electrons. The van der Waals surface area contributed by atoms with E-state index in [4.69, 9.17) is 6.42 Å². The van der Waals surface area contributed by atoms with E-state index in [0.717, 1.165) is 0 Å². The fourth-order valence-electron chi connectivity index (χ4n) is 0.339. The van der Waals surface area contributed by atoms with Crippen LogP contribution in [-0.4, -0.2) is 5.97 Å². The van der Waals surface area contributed by atoms with Crippen molar-refractivity contribution in [2.24, 2.45) is 0 Å². The summed E-state index contributed by atoms with van der Waals surface area (Å²) in [6, 6.07) is 0. The van der Waals surface area contributed by atoms with Gasteiger partial charge in [0.2, 0.25) is 0 Å². The van der Waals surface area contributed by atoms with Gasteiger partial charge >= 0.3 is 5.97 Å². The van der Waals surface area contributed by atoms with E-state index in [2.05, 4.69) is 34.5 Å². The summed E-state index contributed by atoms with van der Waals surface area (Å²) < 4.78 is 4.37. The van der Waals surface area contributed by atoms with Gasteiger partial charge in [-0.25, -0.2) is 4.79 Å². The van der Waals surface area contributed by atoms with Gasteiger partial charge in [0.15, 0.2) is 0 Å². The fourth-order valence-corrected chi connectivity index (χ4v) is 0.339. The first kappa shape index (κ1) is 9.89. The van der Waals surface area contributed by atoms with Gasteiger partial charge in [-0.3, -0.25) is 0 Å². The molecule has 0 fully saturated rings. The van der Waals surface area contributed by atoms with Crippen LogP contribution in [0.1, 0.15) is 6.92 Å². The first-order chi connectivity index (χ1) is 5.81. The molecule has 58 valence electrons. The number of terminal acetylenes is 1. The molecule has 0 atom stereocenters. The van der Waals surface area contributed by atoms with Crippen LogP contribution in [0.4, 0.5) is 0 Å². The maximum Gasteiger partial charge on any atom is 0.344 e. The molecule has 0 saturated heterocycles. The normalized spacial score (nSPS) is 7.00. The van der Waals surface area contributed by atoms with E-state index in [9.17, 15) is 4.79 Å². The molecule has 0 unspecified atom stereocenters. The third-order valence-corrected chi connectivity index (χ3v) is 0.703. The lowest BCUT2D eigenvalue weighted by atomic mass is 10.5. The van der Waals surface area contributed by atoms with Gasteiger partial charge in [0.05, 0.1) is 0 Å². The Bertz CT molecular complexity index is 334. The van der Waals surface area contributed by atoms with E-state index in [0.29, 0.717) is 0 Å². The van der Waals surface area contributed by atoms with E-state index in [1.807, 2.05) is 0 Å². The molecule has 0 aromatic carbocycles. The number of ether oxygens (including phenoxy) is 1. The summed E-state index contributed by atoms with van der Waals surface area (Å²) in [5.74, 6) is 8.32. The Morgan fingerprint density at radius 1 is 1.42 bits per heavy atom. The summed E-state index contributed by atoms with van der Waals surface area (Å²) in [6.45, 7) is 1.70. The monoisotopic (exact) mass is 158 g/mol. The number of allylic oxidation sites excluding steroid dienone is 1. The van der Waals surface area contributed by atoms with Crippen molar-refractivity contribution in [3.05, 3.63) is 12.2 Å². The maximum atomic E-state index is 10.6. The van der Waals surface area contributed by atoms with E-state index in [-0.39, 0.29) is 0 Å². The molecule has 2 heteroatoms. The minimum atomic E-state index is -0.521. The molecule has 0 aliphatic rings. The first-order valence-electron chi connectivity index (χ1n) is 3.10. The van der Waals surface area contributed by atoms with Crippen molar-refractivity contribution in [2.45, 2.75) is 6.92 Å². The zero-order valence-electron chi connectivity index (χ0n) is 6.55. The average molecular weight is 158 g/mol. The van der Waals surface area contributed by atoms with Gasteiger partial charge in [-0.15, -0.1) is 6.42 Å². The second-order valence-corrected chi connectivity index (χ2v) is 1.54. The molecule has 0 saturated carbocycles. The summed E-state index contributed by atoms with van der Waals surface area (Å²) in [5.41, 5.74) is 0. The highest BCUT2D eigenvalue weighted by atomic mass is 16.5. The molecule has 0 N–H and O–H groups in total. The van der Waals surface area contributed by atoms with Crippen LogP contribution in [0.15, 0.2) is 12.2 Å². The zero-order valence-corrected chi connectivity index (χ0v) is 6.55. The summed E-state index contributed by atoms with van der Waals surface area (Å²) in [4.78, 5) is 10.6. The van der Waals surface area contributed by atoms with Crippen molar-refractivity contribution in [3.8, 4) is 36.2 Å². The van der Waals surface area contributed by atoms with Crippen molar-refractivity contribution in [2.75, 3.05) is 0 Å². The quantitative estimate of drug-likeness (QED) is 0.319. The molecule has 0 aromatic rings. The highest BCUT2D eigenvalue weighted by Crippen LogP contribution is 1.77. The average Bonchev–Trinajstić information content (AvgIpc) is 2.05. The van der Waals surface area contributed by atoms with E-state index >= 15 is 0 Å². The largest absolute Gasteiger partial charge is 0.368 e. The van der Waals surface area contributed by atoms with Gasteiger partial charge < -0.3 is 4.74 Å². The van der Waals surface area contributed by atoms with Crippen molar-refractivity contribution in [3.63, 3.8) is 0 Å². The van der Waals surface area contributed by atoms with Crippen molar-refractivity contribution in [1.82, 2.24) is 0 Å². The second kappa shape index (κ2) is 7.00. The Balaban J connectivity index is 3.89. The van der Waals surface area contributed by atoms with E-state index in [1.165, 1.54) is 6.08 Å². The Morgan fingerprint density at radius 2 is 2.17 bits per heavy atom. The predicted octanol–water partition coefficient (Wildman–Crippen LogP) is 0.703. The molecule has 0 aliphatic heterocycles. The molecule has 12 heavy (non-hydrogen) atoms. The van der Waals surface area contributed by atoms with Gasteiger partial charge in [-0.05, 0) is 18.8 Å². The molecule has 0 aliphatic carbocycles. The number of carbonyl (C=O) groups excluding carboxylic acids is 1. The van der Waals surface area contributed by atoms with Crippen LogP contribution in [0.2, 0.25) is 0 Å². The lowest BCUT2D eigenvalue weighted by Gasteiger charge is -1.83. The number of hydrogen-bond acceptors (Lipinski definition) is 2. The molecular weight excluding hydrogens is 152 g/mol. The third-order valence-electron chi connectivity index (χ3n) is 0.703. The zero-order chi connectivity index (χ0) is 9.23. The van der Waals surface area contributed by atoms with Gasteiger partial charge in [0, 0.05) is 17.9 Å².